The van der Waals surface area contributed by atoms with E-state index in [1.165, 1.54) is 0 Å². The van der Waals surface area contributed by atoms with Crippen LogP contribution >= 0.6 is 11.3 Å². The van der Waals surface area contributed by atoms with Gasteiger partial charge in [-0.15, -0.1) is 11.3 Å². The number of aromatic nitrogens is 1. The van der Waals surface area contributed by atoms with Crippen molar-refractivity contribution in [3.63, 3.8) is 0 Å². The first kappa shape index (κ1) is 15.5. The third-order valence-electron chi connectivity index (χ3n) is 3.35. The summed E-state index contributed by atoms with van der Waals surface area (Å²) in [5, 5.41) is 5.96. The zero-order valence-corrected chi connectivity index (χ0v) is 13.5. The van der Waals surface area contributed by atoms with Crippen molar-refractivity contribution in [3.8, 4) is 11.3 Å². The van der Waals surface area contributed by atoms with Crippen LogP contribution in [0.5, 0.6) is 0 Å². The number of carbonyl (C=O) groups is 1. The SMILES string of the molecule is CCN(CC)C(=O)N[C@@H](C)c1nc(-c2ccccc2)cs1. The maximum atomic E-state index is 12.1. The summed E-state index contributed by atoms with van der Waals surface area (Å²) in [6, 6.07) is 9.95. The first-order chi connectivity index (χ1) is 10.2. The molecule has 4 nitrogen and oxygen atoms in total. The van der Waals surface area contributed by atoms with Crippen molar-refractivity contribution < 1.29 is 4.79 Å². The van der Waals surface area contributed by atoms with Gasteiger partial charge in [0.1, 0.15) is 5.01 Å². The Balaban J connectivity index is 2.06. The lowest BCUT2D eigenvalue weighted by atomic mass is 10.2. The second kappa shape index (κ2) is 7.22. The summed E-state index contributed by atoms with van der Waals surface area (Å²) >= 11 is 1.58. The number of amides is 2. The molecule has 0 spiro atoms. The largest absolute Gasteiger partial charge is 0.329 e. The van der Waals surface area contributed by atoms with E-state index < -0.39 is 0 Å². The predicted octanol–water partition coefficient (Wildman–Crippen LogP) is 3.92. The number of hydrogen-bond donors (Lipinski definition) is 1. The van der Waals surface area contributed by atoms with E-state index >= 15 is 0 Å². The second-order valence-electron chi connectivity index (χ2n) is 4.78. The third-order valence-corrected chi connectivity index (χ3v) is 4.38. The number of nitrogens with one attached hydrogen (secondary N) is 1. The highest BCUT2D eigenvalue weighted by molar-refractivity contribution is 7.10. The van der Waals surface area contributed by atoms with E-state index in [0.29, 0.717) is 13.1 Å². The summed E-state index contributed by atoms with van der Waals surface area (Å²) < 4.78 is 0. The maximum Gasteiger partial charge on any atom is 0.317 e. The van der Waals surface area contributed by atoms with Gasteiger partial charge >= 0.3 is 6.03 Å². The molecule has 1 aromatic carbocycles. The summed E-state index contributed by atoms with van der Waals surface area (Å²) in [5.74, 6) is 0. The Morgan fingerprint density at radius 1 is 1.29 bits per heavy atom. The van der Waals surface area contributed by atoms with Crippen molar-refractivity contribution in [1.29, 1.82) is 0 Å². The second-order valence-corrected chi connectivity index (χ2v) is 5.67. The first-order valence-corrected chi connectivity index (χ1v) is 8.10. The van der Waals surface area contributed by atoms with E-state index in [2.05, 4.69) is 10.3 Å². The lowest BCUT2D eigenvalue weighted by Crippen LogP contribution is -2.40. The minimum absolute atomic E-state index is 0.0380. The van der Waals surface area contributed by atoms with E-state index in [1.807, 2.05) is 56.5 Å². The van der Waals surface area contributed by atoms with Crippen molar-refractivity contribution in [2.75, 3.05) is 13.1 Å². The van der Waals surface area contributed by atoms with Gasteiger partial charge in [-0.25, -0.2) is 9.78 Å². The van der Waals surface area contributed by atoms with Gasteiger partial charge in [-0.2, -0.15) is 0 Å². The molecule has 0 aliphatic carbocycles. The molecule has 0 aliphatic heterocycles. The molecule has 2 rings (SSSR count). The van der Waals surface area contributed by atoms with Gasteiger partial charge in [0.05, 0.1) is 11.7 Å². The molecule has 0 saturated carbocycles. The normalized spacial score (nSPS) is 12.0. The number of hydrogen-bond acceptors (Lipinski definition) is 3. The molecule has 2 aromatic rings. The van der Waals surface area contributed by atoms with Crippen molar-refractivity contribution >= 4 is 17.4 Å². The van der Waals surface area contributed by atoms with Gasteiger partial charge in [0, 0.05) is 24.0 Å². The highest BCUT2D eigenvalue weighted by atomic mass is 32.1. The molecule has 1 heterocycles. The summed E-state index contributed by atoms with van der Waals surface area (Å²) in [7, 11) is 0. The summed E-state index contributed by atoms with van der Waals surface area (Å²) in [5.41, 5.74) is 2.06. The van der Waals surface area contributed by atoms with Gasteiger partial charge in [-0.3, -0.25) is 0 Å². The van der Waals surface area contributed by atoms with Crippen molar-refractivity contribution in [1.82, 2.24) is 15.2 Å². The smallest absolute Gasteiger partial charge is 0.317 e. The highest BCUT2D eigenvalue weighted by Crippen LogP contribution is 2.25. The highest BCUT2D eigenvalue weighted by Gasteiger charge is 2.16. The first-order valence-electron chi connectivity index (χ1n) is 7.22. The van der Waals surface area contributed by atoms with E-state index in [9.17, 15) is 4.79 Å². The topological polar surface area (TPSA) is 45.2 Å². The minimum Gasteiger partial charge on any atom is -0.329 e. The average Bonchev–Trinajstić information content (AvgIpc) is 2.99. The van der Waals surface area contributed by atoms with Gasteiger partial charge in [0.25, 0.3) is 0 Å². The Morgan fingerprint density at radius 3 is 2.57 bits per heavy atom. The number of nitrogens with zero attached hydrogens (tertiary/aromatic N) is 2. The van der Waals surface area contributed by atoms with Crippen LogP contribution in [0, 0.1) is 0 Å². The summed E-state index contributed by atoms with van der Waals surface area (Å²) in [4.78, 5) is 18.5. The van der Waals surface area contributed by atoms with Crippen LogP contribution in [-0.4, -0.2) is 29.0 Å². The van der Waals surface area contributed by atoms with Crippen LogP contribution in [0.2, 0.25) is 0 Å². The van der Waals surface area contributed by atoms with Crippen LogP contribution in [0.25, 0.3) is 11.3 Å². The molecule has 0 radical (unpaired) electrons. The lowest BCUT2D eigenvalue weighted by Gasteiger charge is -2.21. The molecule has 0 saturated heterocycles. The number of rotatable bonds is 5. The van der Waals surface area contributed by atoms with Crippen LogP contribution in [0.1, 0.15) is 31.8 Å². The Bertz CT molecular complexity index is 578. The number of urea groups is 1. The molecule has 0 bridgehead atoms. The van der Waals surface area contributed by atoms with Crippen LogP contribution in [-0.2, 0) is 0 Å². The standard InChI is InChI=1S/C16H21N3OS/c1-4-19(5-2)16(20)17-12(3)15-18-14(11-21-15)13-9-7-6-8-10-13/h6-12H,4-5H2,1-3H3,(H,17,20)/t12-/m0/s1. The van der Waals surface area contributed by atoms with E-state index in [4.69, 9.17) is 0 Å². The van der Waals surface area contributed by atoms with Crippen molar-refractivity contribution in [2.24, 2.45) is 0 Å². The van der Waals surface area contributed by atoms with Gasteiger partial charge in [-0.1, -0.05) is 30.3 Å². The third kappa shape index (κ3) is 3.82. The Kier molecular flexibility index (Phi) is 5.33. The molecule has 112 valence electrons. The zero-order chi connectivity index (χ0) is 15.2. The Labute approximate surface area is 129 Å². The van der Waals surface area contributed by atoms with Gasteiger partial charge in [0.15, 0.2) is 0 Å². The molecule has 21 heavy (non-hydrogen) atoms. The van der Waals surface area contributed by atoms with Gasteiger partial charge in [-0.05, 0) is 20.8 Å². The van der Waals surface area contributed by atoms with E-state index in [-0.39, 0.29) is 12.1 Å². The molecule has 0 unspecified atom stereocenters. The molecule has 0 fully saturated rings. The van der Waals surface area contributed by atoms with Crippen LogP contribution in [0.4, 0.5) is 4.79 Å². The fraction of sp³-hybridized carbons (Fsp3) is 0.375. The fourth-order valence-corrected chi connectivity index (χ4v) is 2.91. The zero-order valence-electron chi connectivity index (χ0n) is 12.7. The van der Waals surface area contributed by atoms with Crippen LogP contribution < -0.4 is 5.32 Å². The average molecular weight is 303 g/mol. The number of thiazole rings is 1. The predicted molar refractivity (Wildman–Crippen MR) is 87.4 cm³/mol. The molecule has 1 atom stereocenters. The van der Waals surface area contributed by atoms with Gasteiger partial charge in [0.2, 0.25) is 0 Å². The quantitative estimate of drug-likeness (QED) is 0.910. The van der Waals surface area contributed by atoms with Crippen molar-refractivity contribution in [2.45, 2.75) is 26.8 Å². The monoisotopic (exact) mass is 303 g/mol. The minimum atomic E-state index is -0.0828. The van der Waals surface area contributed by atoms with Crippen LogP contribution in [0.3, 0.4) is 0 Å². The fourth-order valence-electron chi connectivity index (χ4n) is 2.08. The van der Waals surface area contributed by atoms with E-state index in [1.54, 1.807) is 16.2 Å². The molecule has 5 heteroatoms. The Hall–Kier alpha value is -1.88. The maximum absolute atomic E-state index is 12.1. The molecule has 1 aromatic heterocycles. The molecule has 0 aliphatic rings. The number of benzene rings is 1. The number of carbonyl (C=O) groups excluding carboxylic acids is 1. The molecule has 1 N–H and O–H groups in total. The van der Waals surface area contributed by atoms with Crippen molar-refractivity contribution in [3.05, 3.63) is 40.7 Å². The lowest BCUT2D eigenvalue weighted by molar-refractivity contribution is 0.200. The Morgan fingerprint density at radius 2 is 1.95 bits per heavy atom. The molecule has 2 amide bonds. The molecular weight excluding hydrogens is 282 g/mol. The summed E-state index contributed by atoms with van der Waals surface area (Å²) in [6.07, 6.45) is 0. The molecular formula is C16H21N3OS. The van der Waals surface area contributed by atoms with Gasteiger partial charge < -0.3 is 10.2 Å². The van der Waals surface area contributed by atoms with E-state index in [0.717, 1.165) is 16.3 Å². The summed E-state index contributed by atoms with van der Waals surface area (Å²) in [6.45, 7) is 7.34. The van der Waals surface area contributed by atoms with Crippen LogP contribution in [0.15, 0.2) is 35.7 Å².